The minimum absolute atomic E-state index is 0.0731. The lowest BCUT2D eigenvalue weighted by Crippen LogP contribution is -2.27. The van der Waals surface area contributed by atoms with Crippen molar-refractivity contribution in [1.82, 2.24) is 44.8 Å². The van der Waals surface area contributed by atoms with Gasteiger partial charge in [-0.25, -0.2) is 9.07 Å². The summed E-state index contributed by atoms with van der Waals surface area (Å²) in [5.41, 5.74) is 5.12. The van der Waals surface area contributed by atoms with Crippen molar-refractivity contribution in [3.8, 4) is 11.4 Å². The van der Waals surface area contributed by atoms with E-state index in [2.05, 4.69) is 27.6 Å². The van der Waals surface area contributed by atoms with Crippen molar-refractivity contribution in [1.29, 1.82) is 0 Å². The molecule has 2 aliphatic rings. The second-order valence-corrected chi connectivity index (χ2v) is 10.8. The summed E-state index contributed by atoms with van der Waals surface area (Å²) in [6.45, 7) is 3.94. The number of nitrogens with one attached hydrogen (secondary N) is 1. The summed E-state index contributed by atoms with van der Waals surface area (Å²) >= 11 is 0. The Morgan fingerprint density at radius 3 is 2.66 bits per heavy atom. The predicted octanol–water partition coefficient (Wildman–Crippen LogP) is 2.26. The maximum atomic E-state index is 15.4. The summed E-state index contributed by atoms with van der Waals surface area (Å²) in [7, 11) is 7.11. The number of carbonyl (C=O) groups is 1. The summed E-state index contributed by atoms with van der Waals surface area (Å²) in [6.07, 6.45) is 5.91. The molecule has 4 aromatic rings. The fourth-order valence-electron chi connectivity index (χ4n) is 5.60. The van der Waals surface area contributed by atoms with Crippen LogP contribution in [-0.4, -0.2) is 73.2 Å². The first-order valence-corrected chi connectivity index (χ1v) is 13.6. The van der Waals surface area contributed by atoms with Crippen LogP contribution in [0.1, 0.15) is 57.1 Å². The Hall–Kier alpha value is -4.10. The van der Waals surface area contributed by atoms with E-state index >= 15 is 4.39 Å². The summed E-state index contributed by atoms with van der Waals surface area (Å²) in [6, 6.07) is 3.22. The summed E-state index contributed by atoms with van der Waals surface area (Å²) in [4.78, 5) is 15.9. The van der Waals surface area contributed by atoms with E-state index in [-0.39, 0.29) is 23.8 Å². The lowest BCUT2D eigenvalue weighted by molar-refractivity contribution is 0.0721. The third-order valence-corrected chi connectivity index (χ3v) is 8.04. The van der Waals surface area contributed by atoms with Gasteiger partial charge in [0.1, 0.15) is 11.3 Å². The van der Waals surface area contributed by atoms with Crippen molar-refractivity contribution in [2.45, 2.75) is 51.4 Å². The number of halogens is 1. The van der Waals surface area contributed by atoms with E-state index in [1.807, 2.05) is 11.7 Å². The second kappa shape index (κ2) is 10.4. The van der Waals surface area contributed by atoms with Crippen molar-refractivity contribution >= 4 is 5.91 Å². The molecular formula is C28H34FN9O3. The monoisotopic (exact) mass is 563 g/mol. The number of hydrogen-bond donors (Lipinski definition) is 1. The van der Waals surface area contributed by atoms with Gasteiger partial charge in [0.05, 0.1) is 42.5 Å². The quantitative estimate of drug-likeness (QED) is 0.330. The van der Waals surface area contributed by atoms with Crippen molar-refractivity contribution in [2.24, 2.45) is 7.05 Å². The zero-order chi connectivity index (χ0) is 28.9. The lowest BCUT2D eigenvalue weighted by atomic mass is 10.1. The van der Waals surface area contributed by atoms with E-state index in [1.54, 1.807) is 37.2 Å². The summed E-state index contributed by atoms with van der Waals surface area (Å²) < 4.78 is 31.6. The van der Waals surface area contributed by atoms with Crippen molar-refractivity contribution < 1.29 is 18.7 Å². The fraction of sp³-hybridized carbons (Fsp3) is 0.464. The number of benzene rings is 1. The average molecular weight is 564 g/mol. The van der Waals surface area contributed by atoms with Crippen LogP contribution in [0.2, 0.25) is 0 Å². The van der Waals surface area contributed by atoms with E-state index in [4.69, 9.17) is 19.7 Å². The van der Waals surface area contributed by atoms with Gasteiger partial charge >= 0.3 is 0 Å². The van der Waals surface area contributed by atoms with Gasteiger partial charge in [0, 0.05) is 63.2 Å². The van der Waals surface area contributed by atoms with E-state index in [0.717, 1.165) is 38.0 Å². The smallest absolute Gasteiger partial charge is 0.255 e. The van der Waals surface area contributed by atoms with Gasteiger partial charge in [-0.2, -0.15) is 10.2 Å². The van der Waals surface area contributed by atoms with Crippen molar-refractivity contribution in [2.75, 3.05) is 27.8 Å². The number of hydrogen-bond acceptors (Lipinski definition) is 8. The number of rotatable bonds is 9. The van der Waals surface area contributed by atoms with Crippen LogP contribution in [0.5, 0.6) is 5.75 Å². The van der Waals surface area contributed by atoms with Gasteiger partial charge in [-0.3, -0.25) is 14.2 Å². The summed E-state index contributed by atoms with van der Waals surface area (Å²) in [5.74, 6) is -0.876. The Bertz CT molecular complexity index is 1620. The molecule has 0 unspecified atom stereocenters. The summed E-state index contributed by atoms with van der Waals surface area (Å²) in [5, 5.41) is 20.6. The van der Waals surface area contributed by atoms with E-state index in [0.29, 0.717) is 29.2 Å². The molecular weight excluding hydrogens is 529 g/mol. The molecule has 6 rings (SSSR count). The number of nitrogens with zero attached hydrogens (tertiary/aromatic N) is 8. The number of likely N-dealkylation sites (N-methyl/N-ethyl adjacent to an activating group) is 1. The predicted molar refractivity (Wildman–Crippen MR) is 146 cm³/mol. The molecule has 1 aromatic carbocycles. The first-order chi connectivity index (χ1) is 19.7. The molecule has 3 aromatic heterocycles. The number of fused-ring (bicyclic) bond motifs is 1. The number of amides is 1. The number of aromatic nitrogens is 7. The van der Waals surface area contributed by atoms with E-state index in [9.17, 15) is 4.79 Å². The SMILES string of the molecule is COc1ccc(-n2cc(C)nn2)c(CNC(=O)c2cn(Cc3nn(C)c4c3CN(C)CC4)nc2C2(OC)CC2)c1F. The Labute approximate surface area is 237 Å². The number of ether oxygens (including phenoxy) is 2. The highest BCUT2D eigenvalue weighted by Crippen LogP contribution is 2.49. The van der Waals surface area contributed by atoms with Crippen LogP contribution in [-0.2, 0) is 43.4 Å². The standard InChI is InChI=1S/C28H34FN9O3/c1-17-13-38(34-31-17)23-6-7-24(40-4)25(29)18(23)12-30-27(39)20-15-37(33-26(20)28(41-5)9-10-28)16-21-19-14-35(2)11-8-22(19)36(3)32-21/h6-7,13,15H,8-12,14,16H2,1-5H3,(H,30,39). The topological polar surface area (TPSA) is 117 Å². The molecule has 0 spiro atoms. The molecule has 4 heterocycles. The van der Waals surface area contributed by atoms with Crippen molar-refractivity contribution in [3.63, 3.8) is 0 Å². The number of carbonyl (C=O) groups excluding carboxylic acids is 1. The van der Waals surface area contributed by atoms with Crippen LogP contribution < -0.4 is 10.1 Å². The molecule has 13 heteroatoms. The molecule has 0 atom stereocenters. The molecule has 0 bridgehead atoms. The third kappa shape index (κ3) is 4.88. The Morgan fingerprint density at radius 2 is 1.98 bits per heavy atom. The third-order valence-electron chi connectivity index (χ3n) is 8.04. The number of methoxy groups -OCH3 is 2. The second-order valence-electron chi connectivity index (χ2n) is 10.8. The minimum atomic E-state index is -0.605. The van der Waals surface area contributed by atoms with Gasteiger partial charge in [0.25, 0.3) is 5.91 Å². The molecule has 1 aliphatic carbocycles. The normalized spacial score (nSPS) is 16.0. The first-order valence-electron chi connectivity index (χ1n) is 13.6. The first kappa shape index (κ1) is 27.1. The van der Waals surface area contributed by atoms with Crippen LogP contribution >= 0.6 is 0 Å². The maximum Gasteiger partial charge on any atom is 0.255 e. The van der Waals surface area contributed by atoms with Gasteiger partial charge in [0.2, 0.25) is 0 Å². The van der Waals surface area contributed by atoms with Crippen LogP contribution in [0.4, 0.5) is 4.39 Å². The maximum absolute atomic E-state index is 15.4. The Kier molecular flexibility index (Phi) is 6.86. The molecule has 41 heavy (non-hydrogen) atoms. The van der Waals surface area contributed by atoms with E-state index < -0.39 is 11.4 Å². The Balaban J connectivity index is 1.30. The minimum Gasteiger partial charge on any atom is -0.494 e. The van der Waals surface area contributed by atoms with Crippen LogP contribution in [0.15, 0.2) is 24.5 Å². The van der Waals surface area contributed by atoms with Gasteiger partial charge in [-0.1, -0.05) is 5.21 Å². The molecule has 1 N–H and O–H groups in total. The molecule has 216 valence electrons. The molecule has 1 aliphatic heterocycles. The molecule has 1 saturated carbocycles. The highest BCUT2D eigenvalue weighted by Gasteiger charge is 2.49. The zero-order valence-corrected chi connectivity index (χ0v) is 23.9. The largest absolute Gasteiger partial charge is 0.494 e. The fourth-order valence-corrected chi connectivity index (χ4v) is 5.60. The van der Waals surface area contributed by atoms with Crippen LogP contribution in [0, 0.1) is 12.7 Å². The van der Waals surface area contributed by atoms with Gasteiger partial charge in [0.15, 0.2) is 11.6 Å². The highest BCUT2D eigenvalue weighted by atomic mass is 19.1. The van der Waals surface area contributed by atoms with E-state index in [1.165, 1.54) is 29.1 Å². The molecule has 1 amide bonds. The Morgan fingerprint density at radius 1 is 1.17 bits per heavy atom. The molecule has 0 saturated heterocycles. The number of aryl methyl sites for hydroxylation is 2. The van der Waals surface area contributed by atoms with Gasteiger partial charge < -0.3 is 19.7 Å². The van der Waals surface area contributed by atoms with Gasteiger partial charge in [-0.05, 0) is 38.9 Å². The average Bonchev–Trinajstić information content (AvgIpc) is 3.27. The molecule has 0 radical (unpaired) electrons. The van der Waals surface area contributed by atoms with Crippen LogP contribution in [0.3, 0.4) is 0 Å². The highest BCUT2D eigenvalue weighted by molar-refractivity contribution is 5.95. The molecule has 1 fully saturated rings. The lowest BCUT2D eigenvalue weighted by Gasteiger charge is -2.23. The van der Waals surface area contributed by atoms with Crippen molar-refractivity contribution in [3.05, 3.63) is 69.8 Å². The zero-order valence-electron chi connectivity index (χ0n) is 23.9. The van der Waals surface area contributed by atoms with Gasteiger partial charge in [-0.15, -0.1) is 5.10 Å². The molecule has 12 nitrogen and oxygen atoms in total. The van der Waals surface area contributed by atoms with Crippen LogP contribution in [0.25, 0.3) is 5.69 Å².